The maximum atomic E-state index is 11.8. The lowest BCUT2D eigenvalue weighted by Gasteiger charge is -2.13. The summed E-state index contributed by atoms with van der Waals surface area (Å²) in [4.78, 5) is 36.0. The Morgan fingerprint density at radius 3 is 1.73 bits per heavy atom. The fraction of sp³-hybridized carbons (Fsp3) is 0.792. The molecule has 6 heteroatoms. The summed E-state index contributed by atoms with van der Waals surface area (Å²) >= 11 is 0. The van der Waals surface area contributed by atoms with Crippen molar-refractivity contribution in [3.05, 3.63) is 12.2 Å². The van der Waals surface area contributed by atoms with Gasteiger partial charge in [-0.15, -0.1) is 0 Å². The molecule has 2 N–H and O–H groups in total. The van der Waals surface area contributed by atoms with Crippen molar-refractivity contribution in [2.24, 2.45) is 0 Å². The van der Waals surface area contributed by atoms with Gasteiger partial charge < -0.3 is 10.6 Å². The lowest BCUT2D eigenvalue weighted by atomic mass is 10.1. The van der Waals surface area contributed by atoms with E-state index in [9.17, 15) is 14.4 Å². The Bertz CT molecular complexity index is 502. The summed E-state index contributed by atoms with van der Waals surface area (Å²) in [7, 11) is 2.00. The molecule has 0 saturated heterocycles. The summed E-state index contributed by atoms with van der Waals surface area (Å²) < 4.78 is 0. The number of hydrogen-bond acceptors (Lipinski definition) is 4. The Kier molecular flexibility index (Phi) is 15.9. The zero-order valence-corrected chi connectivity index (χ0v) is 19.1. The molecule has 1 aliphatic rings. The van der Waals surface area contributed by atoms with Gasteiger partial charge in [-0.2, -0.15) is 0 Å². The zero-order valence-electron chi connectivity index (χ0n) is 19.1. The lowest BCUT2D eigenvalue weighted by Crippen LogP contribution is -2.30. The molecule has 0 fully saturated rings. The number of amides is 3. The smallest absolute Gasteiger partial charge is 0.253 e. The minimum atomic E-state index is -0.188. The van der Waals surface area contributed by atoms with E-state index in [4.69, 9.17) is 0 Å². The van der Waals surface area contributed by atoms with Crippen LogP contribution in [-0.2, 0) is 14.4 Å². The molecule has 0 unspecified atom stereocenters. The first-order valence-corrected chi connectivity index (χ1v) is 12.1. The van der Waals surface area contributed by atoms with Gasteiger partial charge in [-0.25, -0.2) is 0 Å². The van der Waals surface area contributed by atoms with Gasteiger partial charge in [0.05, 0.1) is 0 Å². The normalized spacial score (nSPS) is 13.4. The molecule has 6 nitrogen and oxygen atoms in total. The van der Waals surface area contributed by atoms with Gasteiger partial charge in [-0.05, 0) is 39.3 Å². The van der Waals surface area contributed by atoms with Gasteiger partial charge in [0.1, 0.15) is 0 Å². The molecule has 0 aromatic heterocycles. The molecule has 0 aliphatic carbocycles. The number of carbonyl (C=O) groups excluding carboxylic acids is 3. The van der Waals surface area contributed by atoms with Gasteiger partial charge in [-0.1, -0.05) is 64.2 Å². The SMILES string of the molecule is CNCCCCCCCCCCC(=O)NCCCCCCCCN1C(=O)C=CC1=O. The maximum absolute atomic E-state index is 11.8. The highest BCUT2D eigenvalue weighted by atomic mass is 16.2. The Morgan fingerprint density at radius 1 is 0.700 bits per heavy atom. The third-order valence-electron chi connectivity index (χ3n) is 5.61. The molecule has 1 rings (SSSR count). The van der Waals surface area contributed by atoms with E-state index in [1.807, 2.05) is 7.05 Å². The number of imide groups is 1. The van der Waals surface area contributed by atoms with E-state index in [-0.39, 0.29) is 17.7 Å². The predicted molar refractivity (Wildman–Crippen MR) is 122 cm³/mol. The minimum absolute atomic E-state index is 0.188. The van der Waals surface area contributed by atoms with Crippen LogP contribution in [0.1, 0.15) is 96.3 Å². The zero-order chi connectivity index (χ0) is 21.9. The third kappa shape index (κ3) is 13.5. The monoisotopic (exact) mass is 421 g/mol. The van der Waals surface area contributed by atoms with Crippen LogP contribution in [0.25, 0.3) is 0 Å². The number of nitrogens with zero attached hydrogens (tertiary/aromatic N) is 1. The highest BCUT2D eigenvalue weighted by molar-refractivity contribution is 6.12. The number of hydrogen-bond donors (Lipinski definition) is 2. The highest BCUT2D eigenvalue weighted by Gasteiger charge is 2.21. The molecule has 0 aromatic carbocycles. The van der Waals surface area contributed by atoms with Gasteiger partial charge >= 0.3 is 0 Å². The summed E-state index contributed by atoms with van der Waals surface area (Å²) in [5, 5.41) is 6.21. The topological polar surface area (TPSA) is 78.5 Å². The second-order valence-electron chi connectivity index (χ2n) is 8.31. The fourth-order valence-electron chi connectivity index (χ4n) is 3.72. The van der Waals surface area contributed by atoms with Crippen LogP contribution >= 0.6 is 0 Å². The van der Waals surface area contributed by atoms with E-state index < -0.39 is 0 Å². The van der Waals surface area contributed by atoms with Crippen LogP contribution in [-0.4, -0.2) is 49.3 Å². The summed E-state index contributed by atoms with van der Waals surface area (Å²) in [5.41, 5.74) is 0. The predicted octanol–water partition coefficient (Wildman–Crippen LogP) is 4.10. The number of unbranched alkanes of at least 4 members (excludes halogenated alkanes) is 12. The second-order valence-corrected chi connectivity index (χ2v) is 8.31. The van der Waals surface area contributed by atoms with Crippen LogP contribution in [0, 0.1) is 0 Å². The summed E-state index contributed by atoms with van der Waals surface area (Å²) in [6.45, 7) is 2.42. The van der Waals surface area contributed by atoms with E-state index in [1.165, 1.54) is 55.6 Å². The van der Waals surface area contributed by atoms with Crippen LogP contribution in [0.3, 0.4) is 0 Å². The Labute approximate surface area is 183 Å². The molecule has 172 valence electrons. The van der Waals surface area contributed by atoms with Crippen molar-refractivity contribution >= 4 is 17.7 Å². The molecule has 30 heavy (non-hydrogen) atoms. The van der Waals surface area contributed by atoms with E-state index in [0.717, 1.165) is 64.5 Å². The summed E-state index contributed by atoms with van der Waals surface area (Å²) in [6, 6.07) is 0. The number of nitrogens with one attached hydrogen (secondary N) is 2. The standard InChI is InChI=1S/C24H43N3O3/c1-25-19-13-9-5-3-2-4-8-12-16-22(28)26-20-14-10-6-7-11-15-21-27-23(29)17-18-24(27)30/h17-18,25H,2-16,19-21H2,1H3,(H,26,28). The van der Waals surface area contributed by atoms with Crippen molar-refractivity contribution in [2.45, 2.75) is 96.3 Å². The van der Waals surface area contributed by atoms with Crippen molar-refractivity contribution in [1.29, 1.82) is 0 Å². The van der Waals surface area contributed by atoms with Gasteiger partial charge in [0.2, 0.25) is 5.91 Å². The molecular weight excluding hydrogens is 378 g/mol. The third-order valence-corrected chi connectivity index (χ3v) is 5.61. The average Bonchev–Trinajstić information content (AvgIpc) is 3.05. The highest BCUT2D eigenvalue weighted by Crippen LogP contribution is 2.10. The number of rotatable bonds is 20. The quantitative estimate of drug-likeness (QED) is 0.229. The maximum Gasteiger partial charge on any atom is 0.253 e. The second kappa shape index (κ2) is 18.1. The molecule has 0 aromatic rings. The number of carbonyl (C=O) groups is 3. The van der Waals surface area contributed by atoms with Crippen molar-refractivity contribution in [3.63, 3.8) is 0 Å². The Balaban J connectivity index is 1.78. The average molecular weight is 422 g/mol. The summed E-state index contributed by atoms with van der Waals surface area (Å²) in [5.74, 6) is -0.186. The first kappa shape index (κ1) is 26.3. The van der Waals surface area contributed by atoms with Crippen LogP contribution in [0.2, 0.25) is 0 Å². The first-order chi connectivity index (χ1) is 14.6. The van der Waals surface area contributed by atoms with Crippen molar-refractivity contribution in [3.8, 4) is 0 Å². The van der Waals surface area contributed by atoms with Gasteiger partial charge in [0.15, 0.2) is 0 Å². The van der Waals surface area contributed by atoms with Crippen molar-refractivity contribution in [1.82, 2.24) is 15.5 Å². The van der Waals surface area contributed by atoms with Crippen LogP contribution in [0.15, 0.2) is 12.2 Å². The molecule has 1 heterocycles. The van der Waals surface area contributed by atoms with Crippen molar-refractivity contribution < 1.29 is 14.4 Å². The first-order valence-electron chi connectivity index (χ1n) is 12.1. The Morgan fingerprint density at radius 2 is 1.17 bits per heavy atom. The molecule has 0 bridgehead atoms. The lowest BCUT2D eigenvalue weighted by molar-refractivity contribution is -0.136. The van der Waals surface area contributed by atoms with Crippen LogP contribution in [0.4, 0.5) is 0 Å². The van der Waals surface area contributed by atoms with Crippen LogP contribution in [0.5, 0.6) is 0 Å². The molecule has 1 aliphatic heterocycles. The van der Waals surface area contributed by atoms with E-state index in [0.29, 0.717) is 13.0 Å². The fourth-order valence-corrected chi connectivity index (χ4v) is 3.72. The van der Waals surface area contributed by atoms with E-state index in [1.54, 1.807) is 0 Å². The van der Waals surface area contributed by atoms with Gasteiger partial charge in [0, 0.05) is 31.7 Å². The minimum Gasteiger partial charge on any atom is -0.356 e. The molecular formula is C24H43N3O3. The molecule has 0 atom stereocenters. The largest absolute Gasteiger partial charge is 0.356 e. The van der Waals surface area contributed by atoms with Gasteiger partial charge in [-0.3, -0.25) is 19.3 Å². The molecule has 0 saturated carbocycles. The summed E-state index contributed by atoms with van der Waals surface area (Å²) in [6.07, 6.45) is 19.5. The van der Waals surface area contributed by atoms with Crippen molar-refractivity contribution in [2.75, 3.05) is 26.7 Å². The molecule has 3 amide bonds. The van der Waals surface area contributed by atoms with E-state index in [2.05, 4.69) is 10.6 Å². The van der Waals surface area contributed by atoms with Crippen LogP contribution < -0.4 is 10.6 Å². The molecule has 0 radical (unpaired) electrons. The van der Waals surface area contributed by atoms with E-state index >= 15 is 0 Å². The van der Waals surface area contributed by atoms with Gasteiger partial charge in [0.25, 0.3) is 11.8 Å². The molecule has 0 spiro atoms. The Hall–Kier alpha value is -1.69.